The van der Waals surface area contributed by atoms with Crippen molar-refractivity contribution in [1.82, 2.24) is 14.7 Å². The lowest BCUT2D eigenvalue weighted by molar-refractivity contribution is -0.118. The Kier molecular flexibility index (Phi) is 6.48. The van der Waals surface area contributed by atoms with Crippen LogP contribution in [0.2, 0.25) is 0 Å². The van der Waals surface area contributed by atoms with Gasteiger partial charge in [-0.1, -0.05) is 5.16 Å². The van der Waals surface area contributed by atoms with E-state index in [0.717, 1.165) is 18.2 Å². The maximum atomic E-state index is 13.4. The lowest BCUT2D eigenvalue weighted by Crippen LogP contribution is -2.07. The minimum atomic E-state index is -1.21. The standard InChI is InChI=1S/C24H19F2N3O5/c25-17-7-14(8-18(26)10-17)11-29-12-16(21(13-29)24(32)33)9-20(31)5-6-22-27-23(28-34-22)15-1-3-19(30)4-2-15/h1-4,7-8,10,12-13,30H,5-6,9,11H2,(H,32,33). The minimum absolute atomic E-state index is 0.0468. The zero-order valence-corrected chi connectivity index (χ0v) is 17.7. The van der Waals surface area contributed by atoms with Gasteiger partial charge >= 0.3 is 5.97 Å². The molecule has 2 aromatic carbocycles. The van der Waals surface area contributed by atoms with E-state index in [1.807, 2.05) is 0 Å². The highest BCUT2D eigenvalue weighted by atomic mass is 19.1. The Bertz CT molecular complexity index is 1320. The third-order valence-corrected chi connectivity index (χ3v) is 5.08. The number of aromatic carboxylic acids is 1. The first-order valence-corrected chi connectivity index (χ1v) is 10.3. The van der Waals surface area contributed by atoms with E-state index in [-0.39, 0.29) is 48.8 Å². The van der Waals surface area contributed by atoms with Crippen LogP contribution in [0.25, 0.3) is 11.4 Å². The largest absolute Gasteiger partial charge is 0.508 e. The fraction of sp³-hybridized carbons (Fsp3) is 0.167. The van der Waals surface area contributed by atoms with Crippen LogP contribution in [0.1, 0.15) is 33.8 Å². The maximum absolute atomic E-state index is 13.4. The summed E-state index contributed by atoms with van der Waals surface area (Å²) in [5.74, 6) is -2.22. The van der Waals surface area contributed by atoms with Crippen LogP contribution in [0, 0.1) is 11.6 Å². The molecule has 0 spiro atoms. The Morgan fingerprint density at radius 2 is 1.74 bits per heavy atom. The molecule has 0 aliphatic rings. The van der Waals surface area contributed by atoms with Gasteiger partial charge in [0.15, 0.2) is 0 Å². The second-order valence-corrected chi connectivity index (χ2v) is 7.73. The first-order chi connectivity index (χ1) is 16.3. The molecule has 4 rings (SSSR count). The minimum Gasteiger partial charge on any atom is -0.508 e. The molecule has 0 bridgehead atoms. The predicted molar refractivity (Wildman–Crippen MR) is 115 cm³/mol. The predicted octanol–water partition coefficient (Wildman–Crippen LogP) is 4.01. The SMILES string of the molecule is O=C(CCc1nc(-c2ccc(O)cc2)no1)Cc1cn(Cc2cc(F)cc(F)c2)cc1C(=O)O. The highest BCUT2D eigenvalue weighted by molar-refractivity contribution is 5.92. The van der Waals surface area contributed by atoms with Crippen molar-refractivity contribution in [3.63, 3.8) is 0 Å². The number of carbonyl (C=O) groups excluding carboxylic acids is 1. The van der Waals surface area contributed by atoms with Crippen LogP contribution in [0.5, 0.6) is 5.75 Å². The van der Waals surface area contributed by atoms with Gasteiger partial charge in [-0.25, -0.2) is 13.6 Å². The van der Waals surface area contributed by atoms with Crippen LogP contribution in [-0.2, 0) is 24.2 Å². The monoisotopic (exact) mass is 467 g/mol. The number of benzene rings is 2. The molecule has 2 N–H and O–H groups in total. The number of halogens is 2. The molecule has 8 nitrogen and oxygen atoms in total. The Labute approximate surface area is 192 Å². The van der Waals surface area contributed by atoms with Gasteiger partial charge in [0.05, 0.1) is 5.56 Å². The molecule has 0 saturated carbocycles. The normalized spacial score (nSPS) is 11.0. The summed E-state index contributed by atoms with van der Waals surface area (Å²) in [5.41, 5.74) is 1.20. The van der Waals surface area contributed by atoms with Crippen molar-refractivity contribution in [2.75, 3.05) is 0 Å². The quantitative estimate of drug-likeness (QED) is 0.382. The number of carboxylic acid groups (broad SMARTS) is 1. The van der Waals surface area contributed by atoms with Gasteiger partial charge in [-0.3, -0.25) is 4.79 Å². The Morgan fingerprint density at radius 1 is 1.03 bits per heavy atom. The van der Waals surface area contributed by atoms with Gasteiger partial charge in [0.2, 0.25) is 11.7 Å². The summed E-state index contributed by atoms with van der Waals surface area (Å²) in [6, 6.07) is 9.31. The molecular formula is C24H19F2N3O5. The molecule has 2 aromatic heterocycles. The Balaban J connectivity index is 1.40. The van der Waals surface area contributed by atoms with E-state index in [9.17, 15) is 28.6 Å². The van der Waals surface area contributed by atoms with Gasteiger partial charge in [0.1, 0.15) is 23.2 Å². The first-order valence-electron chi connectivity index (χ1n) is 10.3. The van der Waals surface area contributed by atoms with E-state index < -0.39 is 17.6 Å². The molecule has 174 valence electrons. The number of carbonyl (C=O) groups is 2. The number of aryl methyl sites for hydroxylation is 1. The number of phenolic OH excluding ortho intramolecular Hbond substituents is 1. The summed E-state index contributed by atoms with van der Waals surface area (Å²) in [6.45, 7) is 0.0468. The second kappa shape index (κ2) is 9.65. The zero-order chi connectivity index (χ0) is 24.2. The molecule has 0 amide bonds. The number of aromatic nitrogens is 3. The molecule has 10 heteroatoms. The van der Waals surface area contributed by atoms with Gasteiger partial charge in [-0.2, -0.15) is 4.98 Å². The van der Waals surface area contributed by atoms with Crippen LogP contribution >= 0.6 is 0 Å². The van der Waals surface area contributed by atoms with E-state index in [1.54, 1.807) is 12.1 Å². The fourth-order valence-corrected chi connectivity index (χ4v) is 3.52. The number of hydrogen-bond donors (Lipinski definition) is 2. The van der Waals surface area contributed by atoms with E-state index in [2.05, 4.69) is 10.1 Å². The van der Waals surface area contributed by atoms with Crippen LogP contribution < -0.4 is 0 Å². The average molecular weight is 467 g/mol. The third-order valence-electron chi connectivity index (χ3n) is 5.08. The molecule has 2 heterocycles. The molecule has 0 unspecified atom stereocenters. The highest BCUT2D eigenvalue weighted by Gasteiger charge is 2.18. The van der Waals surface area contributed by atoms with Crippen molar-refractivity contribution in [3.05, 3.63) is 89.1 Å². The van der Waals surface area contributed by atoms with E-state index >= 15 is 0 Å². The molecule has 34 heavy (non-hydrogen) atoms. The number of nitrogens with zero attached hydrogens (tertiary/aromatic N) is 3. The van der Waals surface area contributed by atoms with E-state index in [1.165, 1.54) is 29.1 Å². The van der Waals surface area contributed by atoms with Crippen molar-refractivity contribution in [3.8, 4) is 17.1 Å². The van der Waals surface area contributed by atoms with Crippen LogP contribution in [0.4, 0.5) is 8.78 Å². The lowest BCUT2D eigenvalue weighted by atomic mass is 10.0. The summed E-state index contributed by atoms with van der Waals surface area (Å²) in [4.78, 5) is 28.4. The second-order valence-electron chi connectivity index (χ2n) is 7.73. The lowest BCUT2D eigenvalue weighted by Gasteiger charge is -2.04. The van der Waals surface area contributed by atoms with Crippen molar-refractivity contribution >= 4 is 11.8 Å². The van der Waals surface area contributed by atoms with Crippen molar-refractivity contribution in [1.29, 1.82) is 0 Å². The van der Waals surface area contributed by atoms with Gasteiger partial charge < -0.3 is 19.3 Å². The smallest absolute Gasteiger partial charge is 0.337 e. The van der Waals surface area contributed by atoms with Gasteiger partial charge in [0, 0.05) is 49.8 Å². The number of phenols is 1. The molecule has 0 fully saturated rings. The summed E-state index contributed by atoms with van der Waals surface area (Å²) in [6.07, 6.45) is 2.91. The fourth-order valence-electron chi connectivity index (χ4n) is 3.52. The Hall–Kier alpha value is -4.34. The van der Waals surface area contributed by atoms with Crippen LogP contribution in [0.3, 0.4) is 0 Å². The summed E-state index contributed by atoms with van der Waals surface area (Å²) in [5, 5.41) is 22.7. The summed E-state index contributed by atoms with van der Waals surface area (Å²) >= 11 is 0. The van der Waals surface area contributed by atoms with Crippen LogP contribution in [-0.4, -0.2) is 36.7 Å². The van der Waals surface area contributed by atoms with Crippen molar-refractivity contribution in [2.45, 2.75) is 25.8 Å². The topological polar surface area (TPSA) is 118 Å². The zero-order valence-electron chi connectivity index (χ0n) is 17.7. The number of carboxylic acids is 1. The molecule has 0 radical (unpaired) electrons. The number of rotatable bonds is 9. The maximum Gasteiger partial charge on any atom is 0.337 e. The number of Topliss-reactive ketones (excluding diaryl/α,β-unsaturated/α-hetero) is 1. The van der Waals surface area contributed by atoms with Crippen molar-refractivity contribution < 1.29 is 33.1 Å². The van der Waals surface area contributed by atoms with E-state index in [0.29, 0.717) is 22.5 Å². The molecule has 0 aliphatic carbocycles. The molecular weight excluding hydrogens is 448 g/mol. The summed E-state index contributed by atoms with van der Waals surface area (Å²) in [7, 11) is 0. The van der Waals surface area contributed by atoms with Gasteiger partial charge in [-0.15, -0.1) is 0 Å². The number of hydrogen-bond acceptors (Lipinski definition) is 6. The van der Waals surface area contributed by atoms with Gasteiger partial charge in [0.25, 0.3) is 0 Å². The highest BCUT2D eigenvalue weighted by Crippen LogP contribution is 2.20. The first kappa shape index (κ1) is 22.8. The average Bonchev–Trinajstić information content (AvgIpc) is 3.39. The van der Waals surface area contributed by atoms with Crippen molar-refractivity contribution in [2.24, 2.45) is 0 Å². The molecule has 4 aromatic rings. The number of ketones is 1. The molecule has 0 aliphatic heterocycles. The molecule has 0 atom stereocenters. The van der Waals surface area contributed by atoms with Crippen LogP contribution in [0.15, 0.2) is 59.4 Å². The third kappa shape index (κ3) is 5.52. The van der Waals surface area contributed by atoms with E-state index in [4.69, 9.17) is 4.52 Å². The molecule has 0 saturated heterocycles. The Morgan fingerprint density at radius 3 is 2.41 bits per heavy atom. The summed E-state index contributed by atoms with van der Waals surface area (Å²) < 4.78 is 33.5. The number of aromatic hydroxyl groups is 1. The van der Waals surface area contributed by atoms with Gasteiger partial charge in [-0.05, 0) is 47.5 Å².